The van der Waals surface area contributed by atoms with E-state index >= 15 is 0 Å². The number of piperidine rings is 1. The number of hydrogen-bond donors (Lipinski definition) is 1. The average Bonchev–Trinajstić information content (AvgIpc) is 2.47. The van der Waals surface area contributed by atoms with Gasteiger partial charge in [0, 0.05) is 19.2 Å². The van der Waals surface area contributed by atoms with E-state index in [-0.39, 0.29) is 11.4 Å². The second-order valence-electron chi connectivity index (χ2n) is 5.22. The monoisotopic (exact) mass is 294 g/mol. The van der Waals surface area contributed by atoms with Crippen LogP contribution >= 0.6 is 0 Å². The molecule has 1 aromatic carbocycles. The first-order chi connectivity index (χ1) is 10.0. The SMILES string of the molecule is NCCC1CCCN(c2ccc([N+](=O)[O-])cc2[N+](=O)[O-])C1. The van der Waals surface area contributed by atoms with Crippen LogP contribution in [0, 0.1) is 26.1 Å². The molecule has 1 aromatic rings. The second kappa shape index (κ2) is 6.49. The molecule has 0 bridgehead atoms. The molecule has 1 aliphatic heterocycles. The largest absolute Gasteiger partial charge is 0.366 e. The summed E-state index contributed by atoms with van der Waals surface area (Å²) in [7, 11) is 0. The van der Waals surface area contributed by atoms with Crippen molar-refractivity contribution >= 4 is 17.1 Å². The summed E-state index contributed by atoms with van der Waals surface area (Å²) in [6, 6.07) is 3.82. The van der Waals surface area contributed by atoms with Crippen LogP contribution < -0.4 is 10.6 Å². The van der Waals surface area contributed by atoms with Gasteiger partial charge in [-0.25, -0.2) is 0 Å². The summed E-state index contributed by atoms with van der Waals surface area (Å²) >= 11 is 0. The maximum absolute atomic E-state index is 11.2. The summed E-state index contributed by atoms with van der Waals surface area (Å²) in [6.07, 6.45) is 2.89. The van der Waals surface area contributed by atoms with Gasteiger partial charge >= 0.3 is 0 Å². The molecule has 0 spiro atoms. The molecule has 1 heterocycles. The summed E-state index contributed by atoms with van der Waals surface area (Å²) in [5.74, 6) is 0.415. The van der Waals surface area contributed by atoms with Gasteiger partial charge < -0.3 is 10.6 Å². The molecule has 0 radical (unpaired) electrons. The number of hydrogen-bond acceptors (Lipinski definition) is 6. The summed E-state index contributed by atoms with van der Waals surface area (Å²) < 4.78 is 0. The van der Waals surface area contributed by atoms with Gasteiger partial charge in [-0.3, -0.25) is 20.2 Å². The van der Waals surface area contributed by atoms with Crippen molar-refractivity contribution in [3.8, 4) is 0 Å². The van der Waals surface area contributed by atoms with Crippen LogP contribution in [0.5, 0.6) is 0 Å². The maximum Gasteiger partial charge on any atom is 0.299 e. The van der Waals surface area contributed by atoms with E-state index in [2.05, 4.69) is 0 Å². The molecule has 1 aliphatic rings. The molecule has 2 rings (SSSR count). The first-order valence-corrected chi connectivity index (χ1v) is 6.90. The molecule has 0 saturated carbocycles. The third-order valence-electron chi connectivity index (χ3n) is 3.80. The zero-order valence-electron chi connectivity index (χ0n) is 11.6. The minimum Gasteiger partial charge on any atom is -0.366 e. The van der Waals surface area contributed by atoms with Gasteiger partial charge in [0.25, 0.3) is 11.4 Å². The van der Waals surface area contributed by atoms with Crippen LogP contribution in [0.25, 0.3) is 0 Å². The molecule has 21 heavy (non-hydrogen) atoms. The number of nitrogens with two attached hydrogens (primary N) is 1. The lowest BCUT2D eigenvalue weighted by atomic mass is 9.94. The molecule has 0 amide bonds. The van der Waals surface area contributed by atoms with E-state index in [0.29, 0.717) is 24.7 Å². The van der Waals surface area contributed by atoms with Gasteiger partial charge in [0.2, 0.25) is 0 Å². The van der Waals surface area contributed by atoms with Gasteiger partial charge in [0.1, 0.15) is 5.69 Å². The summed E-state index contributed by atoms with van der Waals surface area (Å²) in [6.45, 7) is 2.02. The van der Waals surface area contributed by atoms with Gasteiger partial charge in [-0.05, 0) is 37.8 Å². The Morgan fingerprint density at radius 1 is 1.29 bits per heavy atom. The molecule has 1 atom stereocenters. The van der Waals surface area contributed by atoms with E-state index in [9.17, 15) is 20.2 Å². The normalized spacial score (nSPS) is 18.5. The number of nitro benzene ring substituents is 2. The number of rotatable bonds is 5. The van der Waals surface area contributed by atoms with Crippen molar-refractivity contribution in [2.75, 3.05) is 24.5 Å². The van der Waals surface area contributed by atoms with Gasteiger partial charge in [-0.2, -0.15) is 0 Å². The van der Waals surface area contributed by atoms with Crippen molar-refractivity contribution < 1.29 is 9.85 Å². The fourth-order valence-electron chi connectivity index (χ4n) is 2.79. The molecule has 0 aromatic heterocycles. The van der Waals surface area contributed by atoms with Crippen molar-refractivity contribution in [2.24, 2.45) is 11.7 Å². The van der Waals surface area contributed by atoms with E-state index in [1.165, 1.54) is 12.1 Å². The van der Waals surface area contributed by atoms with Crippen LogP contribution in [0.1, 0.15) is 19.3 Å². The van der Waals surface area contributed by atoms with E-state index in [4.69, 9.17) is 5.73 Å². The van der Waals surface area contributed by atoms with Crippen LogP contribution in [-0.4, -0.2) is 29.5 Å². The molecule has 1 fully saturated rings. The quantitative estimate of drug-likeness (QED) is 0.656. The first kappa shape index (κ1) is 15.2. The van der Waals surface area contributed by atoms with Crippen LogP contribution in [-0.2, 0) is 0 Å². The molecule has 2 N–H and O–H groups in total. The summed E-state index contributed by atoms with van der Waals surface area (Å²) in [4.78, 5) is 22.7. The van der Waals surface area contributed by atoms with Crippen molar-refractivity contribution in [3.63, 3.8) is 0 Å². The smallest absolute Gasteiger partial charge is 0.299 e. The number of nitrogens with zero attached hydrogens (tertiary/aromatic N) is 3. The highest BCUT2D eigenvalue weighted by Gasteiger charge is 2.27. The first-order valence-electron chi connectivity index (χ1n) is 6.90. The van der Waals surface area contributed by atoms with Gasteiger partial charge in [-0.15, -0.1) is 0 Å². The number of non-ortho nitro benzene ring substituents is 1. The second-order valence-corrected chi connectivity index (χ2v) is 5.22. The highest BCUT2D eigenvalue weighted by atomic mass is 16.6. The Morgan fingerprint density at radius 2 is 2.05 bits per heavy atom. The number of nitro groups is 2. The lowest BCUT2D eigenvalue weighted by Crippen LogP contribution is -2.36. The van der Waals surface area contributed by atoms with E-state index in [1.54, 1.807) is 0 Å². The fraction of sp³-hybridized carbons (Fsp3) is 0.538. The van der Waals surface area contributed by atoms with Gasteiger partial charge in [0.05, 0.1) is 15.9 Å². The van der Waals surface area contributed by atoms with E-state index in [1.807, 2.05) is 4.90 Å². The lowest BCUT2D eigenvalue weighted by molar-refractivity contribution is -0.393. The van der Waals surface area contributed by atoms with E-state index in [0.717, 1.165) is 31.9 Å². The molecule has 1 unspecified atom stereocenters. The molecule has 0 aliphatic carbocycles. The van der Waals surface area contributed by atoms with Gasteiger partial charge in [0.15, 0.2) is 0 Å². The zero-order valence-corrected chi connectivity index (χ0v) is 11.6. The molecular formula is C13H18N4O4. The Morgan fingerprint density at radius 3 is 2.67 bits per heavy atom. The summed E-state index contributed by atoms with van der Waals surface area (Å²) in [5.41, 5.74) is 5.55. The highest BCUT2D eigenvalue weighted by Crippen LogP contribution is 2.34. The topological polar surface area (TPSA) is 116 Å². The number of benzene rings is 1. The predicted molar refractivity (Wildman–Crippen MR) is 78.4 cm³/mol. The third-order valence-corrected chi connectivity index (χ3v) is 3.80. The average molecular weight is 294 g/mol. The minimum absolute atomic E-state index is 0.211. The van der Waals surface area contributed by atoms with Crippen LogP contribution in [0.2, 0.25) is 0 Å². The molecular weight excluding hydrogens is 276 g/mol. The molecule has 114 valence electrons. The Hall–Kier alpha value is -2.22. The standard InChI is InChI=1S/C13H18N4O4/c14-6-5-10-2-1-7-15(9-10)12-4-3-11(16(18)19)8-13(12)17(20)21/h3-4,8,10H,1-2,5-7,9,14H2. The molecule has 8 heteroatoms. The Bertz CT molecular complexity index is 547. The van der Waals surface area contributed by atoms with Crippen LogP contribution in [0.15, 0.2) is 18.2 Å². The lowest BCUT2D eigenvalue weighted by Gasteiger charge is -2.33. The molecule has 1 saturated heterocycles. The third kappa shape index (κ3) is 3.46. The van der Waals surface area contributed by atoms with Gasteiger partial charge in [-0.1, -0.05) is 0 Å². The van der Waals surface area contributed by atoms with Crippen molar-refractivity contribution in [2.45, 2.75) is 19.3 Å². The Labute approximate surface area is 121 Å². The minimum atomic E-state index is -0.621. The molecule has 8 nitrogen and oxygen atoms in total. The maximum atomic E-state index is 11.2. The van der Waals surface area contributed by atoms with Crippen LogP contribution in [0.4, 0.5) is 17.1 Å². The van der Waals surface area contributed by atoms with Crippen molar-refractivity contribution in [1.82, 2.24) is 0 Å². The van der Waals surface area contributed by atoms with Crippen LogP contribution in [0.3, 0.4) is 0 Å². The highest BCUT2D eigenvalue weighted by molar-refractivity contribution is 5.67. The zero-order chi connectivity index (χ0) is 15.4. The Balaban J connectivity index is 2.29. The predicted octanol–water partition coefficient (Wildman–Crippen LogP) is 2.07. The number of anilines is 1. The van der Waals surface area contributed by atoms with Crippen molar-refractivity contribution in [3.05, 3.63) is 38.4 Å². The van der Waals surface area contributed by atoms with Crippen molar-refractivity contribution in [1.29, 1.82) is 0 Å². The van der Waals surface area contributed by atoms with E-state index < -0.39 is 9.85 Å². The summed E-state index contributed by atoms with van der Waals surface area (Å²) in [5, 5.41) is 21.9. The fourth-order valence-corrected chi connectivity index (χ4v) is 2.79. The Kier molecular flexibility index (Phi) is 4.69.